The molecule has 2 aromatic carbocycles. The van der Waals surface area contributed by atoms with E-state index in [1.807, 2.05) is 41.9 Å². The van der Waals surface area contributed by atoms with Crippen LogP contribution in [-0.4, -0.2) is 20.5 Å². The van der Waals surface area contributed by atoms with Gasteiger partial charge in [-0.05, 0) is 24.3 Å². The Balaban J connectivity index is 1.64. The van der Waals surface area contributed by atoms with Gasteiger partial charge in [-0.25, -0.2) is 14.8 Å². The fourth-order valence-electron chi connectivity index (χ4n) is 2.29. The number of hydrogen-bond donors (Lipinski definition) is 0. The van der Waals surface area contributed by atoms with Gasteiger partial charge in [0.05, 0.1) is 27.6 Å². The standard InChI is InChI=1S/C16H11N3O2S/c1-19-9-17-12-8-10(6-7-13(12)19)21-16(20)15-18-11-4-2-3-5-14(11)22-15/h2-9H,1H3. The third-order valence-electron chi connectivity index (χ3n) is 3.38. The molecule has 0 spiro atoms. The average Bonchev–Trinajstić information content (AvgIpc) is 3.11. The van der Waals surface area contributed by atoms with Crippen LogP contribution in [0.25, 0.3) is 21.3 Å². The number of imidazole rings is 1. The number of ether oxygens (including phenoxy) is 1. The minimum atomic E-state index is -0.448. The lowest BCUT2D eigenvalue weighted by Crippen LogP contribution is -2.07. The summed E-state index contributed by atoms with van der Waals surface area (Å²) in [6.45, 7) is 0. The van der Waals surface area contributed by atoms with Gasteiger partial charge in [-0.1, -0.05) is 12.1 Å². The van der Waals surface area contributed by atoms with Gasteiger partial charge >= 0.3 is 5.97 Å². The Morgan fingerprint density at radius 2 is 2.05 bits per heavy atom. The second-order valence-corrected chi connectivity index (χ2v) is 5.91. The van der Waals surface area contributed by atoms with Gasteiger partial charge in [0.25, 0.3) is 0 Å². The molecule has 4 aromatic rings. The summed E-state index contributed by atoms with van der Waals surface area (Å²) >= 11 is 1.33. The summed E-state index contributed by atoms with van der Waals surface area (Å²) in [4.78, 5) is 20.8. The maximum Gasteiger partial charge on any atom is 0.372 e. The van der Waals surface area contributed by atoms with Crippen LogP contribution in [0.4, 0.5) is 0 Å². The number of aryl methyl sites for hydroxylation is 1. The molecule has 108 valence electrons. The van der Waals surface area contributed by atoms with E-state index in [-0.39, 0.29) is 0 Å². The number of esters is 1. The molecular weight excluding hydrogens is 298 g/mol. The van der Waals surface area contributed by atoms with Crippen molar-refractivity contribution in [3.8, 4) is 5.75 Å². The lowest BCUT2D eigenvalue weighted by atomic mass is 10.3. The Morgan fingerprint density at radius 3 is 2.91 bits per heavy atom. The minimum absolute atomic E-state index is 0.349. The van der Waals surface area contributed by atoms with Gasteiger partial charge in [-0.2, -0.15) is 0 Å². The molecule has 0 aliphatic carbocycles. The number of rotatable bonds is 2. The number of hydrogen-bond acceptors (Lipinski definition) is 5. The zero-order chi connectivity index (χ0) is 15.1. The SMILES string of the molecule is Cn1cnc2cc(OC(=O)c3nc4ccccc4s3)ccc21. The van der Waals surface area contributed by atoms with Crippen molar-refractivity contribution in [3.05, 3.63) is 53.8 Å². The maximum atomic E-state index is 12.2. The smallest absolute Gasteiger partial charge is 0.372 e. The highest BCUT2D eigenvalue weighted by molar-refractivity contribution is 7.20. The molecule has 0 saturated carbocycles. The van der Waals surface area contributed by atoms with E-state index in [1.54, 1.807) is 18.5 Å². The molecule has 0 atom stereocenters. The minimum Gasteiger partial charge on any atom is -0.421 e. The monoisotopic (exact) mass is 309 g/mol. The topological polar surface area (TPSA) is 57.0 Å². The molecule has 0 radical (unpaired) electrons. The quantitative estimate of drug-likeness (QED) is 0.420. The first-order valence-corrected chi connectivity index (χ1v) is 7.51. The van der Waals surface area contributed by atoms with E-state index in [1.165, 1.54) is 11.3 Å². The number of thiazole rings is 1. The largest absolute Gasteiger partial charge is 0.421 e. The van der Waals surface area contributed by atoms with E-state index < -0.39 is 5.97 Å². The van der Waals surface area contributed by atoms with Crippen molar-refractivity contribution in [2.75, 3.05) is 0 Å². The molecule has 0 bridgehead atoms. The lowest BCUT2D eigenvalue weighted by Gasteiger charge is -2.02. The van der Waals surface area contributed by atoms with Crippen molar-refractivity contribution < 1.29 is 9.53 Å². The Morgan fingerprint density at radius 1 is 1.18 bits per heavy atom. The Bertz CT molecular complexity index is 970. The first-order chi connectivity index (χ1) is 10.7. The number of benzene rings is 2. The molecule has 0 saturated heterocycles. The summed E-state index contributed by atoms with van der Waals surface area (Å²) in [7, 11) is 1.92. The van der Waals surface area contributed by atoms with Crippen LogP contribution in [0.3, 0.4) is 0 Å². The molecule has 0 fully saturated rings. The van der Waals surface area contributed by atoms with Gasteiger partial charge in [-0.3, -0.25) is 0 Å². The van der Waals surface area contributed by atoms with Crippen molar-refractivity contribution in [3.63, 3.8) is 0 Å². The van der Waals surface area contributed by atoms with E-state index in [9.17, 15) is 4.79 Å². The van der Waals surface area contributed by atoms with Gasteiger partial charge in [0.15, 0.2) is 0 Å². The molecule has 5 nitrogen and oxygen atoms in total. The molecule has 0 aliphatic heterocycles. The van der Waals surface area contributed by atoms with Crippen LogP contribution in [-0.2, 0) is 7.05 Å². The van der Waals surface area contributed by atoms with Gasteiger partial charge in [-0.15, -0.1) is 11.3 Å². The fraction of sp³-hybridized carbons (Fsp3) is 0.0625. The van der Waals surface area contributed by atoms with Crippen LogP contribution < -0.4 is 4.74 Å². The molecule has 0 aliphatic rings. The molecule has 0 N–H and O–H groups in total. The number of fused-ring (bicyclic) bond motifs is 2. The Labute approximate surface area is 129 Å². The summed E-state index contributed by atoms with van der Waals surface area (Å²) in [6.07, 6.45) is 1.73. The van der Waals surface area contributed by atoms with E-state index in [2.05, 4.69) is 9.97 Å². The summed E-state index contributed by atoms with van der Waals surface area (Å²) in [6, 6.07) is 13.0. The second kappa shape index (κ2) is 4.92. The first kappa shape index (κ1) is 13.0. The highest BCUT2D eigenvalue weighted by Crippen LogP contribution is 2.24. The summed E-state index contributed by atoms with van der Waals surface area (Å²) in [5, 5.41) is 0.349. The normalized spacial score (nSPS) is 11.1. The molecular formula is C16H11N3O2S. The van der Waals surface area contributed by atoms with Crippen LogP contribution in [0, 0.1) is 0 Å². The summed E-state index contributed by atoms with van der Waals surface area (Å²) in [5.41, 5.74) is 2.58. The van der Waals surface area contributed by atoms with Gasteiger partial charge in [0, 0.05) is 13.1 Å². The van der Waals surface area contributed by atoms with Gasteiger partial charge in [0.1, 0.15) is 5.75 Å². The molecule has 0 amide bonds. The van der Waals surface area contributed by atoms with E-state index >= 15 is 0 Å². The highest BCUT2D eigenvalue weighted by atomic mass is 32.1. The number of para-hydroxylation sites is 1. The van der Waals surface area contributed by atoms with Crippen molar-refractivity contribution >= 4 is 38.6 Å². The number of carbonyl (C=O) groups is 1. The van der Waals surface area contributed by atoms with Gasteiger partial charge < -0.3 is 9.30 Å². The van der Waals surface area contributed by atoms with Crippen molar-refractivity contribution in [2.45, 2.75) is 0 Å². The van der Waals surface area contributed by atoms with Crippen LogP contribution in [0.2, 0.25) is 0 Å². The zero-order valence-corrected chi connectivity index (χ0v) is 12.5. The Kier molecular flexibility index (Phi) is 2.90. The van der Waals surface area contributed by atoms with Crippen molar-refractivity contribution in [2.24, 2.45) is 7.05 Å². The third-order valence-corrected chi connectivity index (χ3v) is 4.39. The molecule has 2 heterocycles. The predicted molar refractivity (Wildman–Crippen MR) is 85.3 cm³/mol. The first-order valence-electron chi connectivity index (χ1n) is 6.69. The molecule has 22 heavy (non-hydrogen) atoms. The van der Waals surface area contributed by atoms with Crippen LogP contribution in [0.15, 0.2) is 48.8 Å². The van der Waals surface area contributed by atoms with E-state index in [0.29, 0.717) is 10.8 Å². The van der Waals surface area contributed by atoms with E-state index in [4.69, 9.17) is 4.74 Å². The number of nitrogens with zero attached hydrogens (tertiary/aromatic N) is 3. The van der Waals surface area contributed by atoms with Crippen LogP contribution in [0.5, 0.6) is 5.75 Å². The van der Waals surface area contributed by atoms with Crippen molar-refractivity contribution in [1.82, 2.24) is 14.5 Å². The molecule has 2 aromatic heterocycles. The third kappa shape index (κ3) is 2.14. The fourth-order valence-corrected chi connectivity index (χ4v) is 3.13. The molecule has 6 heteroatoms. The maximum absolute atomic E-state index is 12.2. The predicted octanol–water partition coefficient (Wildman–Crippen LogP) is 3.40. The highest BCUT2D eigenvalue weighted by Gasteiger charge is 2.15. The zero-order valence-electron chi connectivity index (χ0n) is 11.7. The number of carbonyl (C=O) groups excluding carboxylic acids is 1. The average molecular weight is 309 g/mol. The summed E-state index contributed by atoms with van der Waals surface area (Å²) in [5.74, 6) is 0.0203. The molecule has 4 rings (SSSR count). The lowest BCUT2D eigenvalue weighted by molar-refractivity contribution is 0.0735. The van der Waals surface area contributed by atoms with Crippen molar-refractivity contribution in [1.29, 1.82) is 0 Å². The summed E-state index contributed by atoms with van der Waals surface area (Å²) < 4.78 is 8.29. The second-order valence-electron chi connectivity index (χ2n) is 4.88. The van der Waals surface area contributed by atoms with Crippen LogP contribution in [0.1, 0.15) is 9.80 Å². The van der Waals surface area contributed by atoms with Crippen LogP contribution >= 0.6 is 11.3 Å². The van der Waals surface area contributed by atoms with E-state index in [0.717, 1.165) is 21.3 Å². The number of aromatic nitrogens is 3. The van der Waals surface area contributed by atoms with Gasteiger partial charge in [0.2, 0.25) is 5.01 Å². The molecule has 0 unspecified atom stereocenters. The Hall–Kier alpha value is -2.73.